The number of nitrogens with zero attached hydrogens (tertiary/aromatic N) is 1. The maximum absolute atomic E-state index is 5.90. The van der Waals surface area contributed by atoms with Gasteiger partial charge in [-0.15, -0.1) is 11.8 Å². The quantitative estimate of drug-likeness (QED) is 0.751. The van der Waals surface area contributed by atoms with E-state index >= 15 is 0 Å². The summed E-state index contributed by atoms with van der Waals surface area (Å²) in [5.74, 6) is 0.793. The Kier molecular flexibility index (Phi) is 4.10. The van der Waals surface area contributed by atoms with E-state index in [9.17, 15) is 0 Å². The van der Waals surface area contributed by atoms with Crippen LogP contribution >= 0.6 is 35.0 Å². The van der Waals surface area contributed by atoms with Gasteiger partial charge < -0.3 is 0 Å². The van der Waals surface area contributed by atoms with E-state index in [2.05, 4.69) is 4.98 Å². The number of hydrogen-bond acceptors (Lipinski definition) is 2. The van der Waals surface area contributed by atoms with Crippen LogP contribution in [0.5, 0.6) is 0 Å². The van der Waals surface area contributed by atoms with Crippen LogP contribution in [0.15, 0.2) is 47.5 Å². The molecule has 1 aromatic heterocycles. The van der Waals surface area contributed by atoms with E-state index in [0.717, 1.165) is 26.4 Å². The smallest absolute Gasteiger partial charge is 0.0521 e. The second-order valence-corrected chi connectivity index (χ2v) is 5.13. The standard InChI is InChI=1S/C12H9Cl2NS/c13-9-2-1-3-12(7-9)16-8-11-6-10(14)4-5-15-11/h1-7H,8H2. The molecule has 0 spiro atoms. The molecule has 2 rings (SSSR count). The van der Waals surface area contributed by atoms with Crippen LogP contribution in [-0.4, -0.2) is 4.98 Å². The summed E-state index contributed by atoms with van der Waals surface area (Å²) in [6.07, 6.45) is 1.72. The maximum Gasteiger partial charge on any atom is 0.0521 e. The van der Waals surface area contributed by atoms with Crippen molar-refractivity contribution in [3.05, 3.63) is 58.3 Å². The van der Waals surface area contributed by atoms with Crippen LogP contribution in [0.4, 0.5) is 0 Å². The molecule has 0 atom stereocenters. The summed E-state index contributed by atoms with van der Waals surface area (Å²) < 4.78 is 0. The Balaban J connectivity index is 2.02. The van der Waals surface area contributed by atoms with Gasteiger partial charge in [0.1, 0.15) is 0 Å². The normalized spacial score (nSPS) is 10.4. The third-order valence-electron chi connectivity index (χ3n) is 1.96. The Morgan fingerprint density at radius 1 is 1.06 bits per heavy atom. The van der Waals surface area contributed by atoms with Gasteiger partial charge in [-0.05, 0) is 30.3 Å². The lowest BCUT2D eigenvalue weighted by atomic mass is 10.4. The second-order valence-electron chi connectivity index (χ2n) is 3.21. The lowest BCUT2D eigenvalue weighted by molar-refractivity contribution is 1.17. The molecule has 0 bridgehead atoms. The van der Waals surface area contributed by atoms with Crippen molar-refractivity contribution in [2.75, 3.05) is 0 Å². The predicted octanol–water partition coefficient (Wildman–Crippen LogP) is 4.68. The van der Waals surface area contributed by atoms with Crippen LogP contribution < -0.4 is 0 Å². The largest absolute Gasteiger partial charge is 0.260 e. The summed E-state index contributed by atoms with van der Waals surface area (Å²) >= 11 is 13.5. The molecule has 0 amide bonds. The van der Waals surface area contributed by atoms with E-state index in [1.54, 1.807) is 24.0 Å². The molecular weight excluding hydrogens is 261 g/mol. The number of rotatable bonds is 3. The summed E-state index contributed by atoms with van der Waals surface area (Å²) in [5.41, 5.74) is 0.970. The average molecular weight is 270 g/mol. The molecule has 2 aromatic rings. The van der Waals surface area contributed by atoms with Gasteiger partial charge in [0.2, 0.25) is 0 Å². The summed E-state index contributed by atoms with van der Waals surface area (Å²) in [6.45, 7) is 0. The van der Waals surface area contributed by atoms with Crippen molar-refractivity contribution in [2.45, 2.75) is 10.6 Å². The van der Waals surface area contributed by atoms with Gasteiger partial charge in [0.15, 0.2) is 0 Å². The number of benzene rings is 1. The summed E-state index contributed by atoms with van der Waals surface area (Å²) in [7, 11) is 0. The SMILES string of the molecule is Clc1cccc(SCc2cc(Cl)ccn2)c1. The lowest BCUT2D eigenvalue weighted by Gasteiger charge is -2.02. The molecule has 0 aliphatic rings. The van der Waals surface area contributed by atoms with Crippen molar-refractivity contribution < 1.29 is 0 Å². The first-order valence-corrected chi connectivity index (χ1v) is 6.47. The first-order chi connectivity index (χ1) is 7.74. The number of pyridine rings is 1. The Bertz CT molecular complexity index is 442. The Hall–Kier alpha value is -0.700. The monoisotopic (exact) mass is 269 g/mol. The van der Waals surface area contributed by atoms with Crippen molar-refractivity contribution in [1.82, 2.24) is 4.98 Å². The molecule has 16 heavy (non-hydrogen) atoms. The summed E-state index contributed by atoms with van der Waals surface area (Å²) in [6, 6.07) is 11.4. The van der Waals surface area contributed by atoms with Crippen molar-refractivity contribution in [2.24, 2.45) is 0 Å². The van der Waals surface area contributed by atoms with Gasteiger partial charge in [-0.1, -0.05) is 29.3 Å². The molecule has 82 valence electrons. The van der Waals surface area contributed by atoms with E-state index < -0.39 is 0 Å². The van der Waals surface area contributed by atoms with Crippen molar-refractivity contribution in [3.63, 3.8) is 0 Å². The van der Waals surface area contributed by atoms with Gasteiger partial charge in [-0.25, -0.2) is 0 Å². The molecule has 0 fully saturated rings. The van der Waals surface area contributed by atoms with E-state index in [0.29, 0.717) is 0 Å². The summed E-state index contributed by atoms with van der Waals surface area (Å²) in [5, 5.41) is 1.47. The topological polar surface area (TPSA) is 12.9 Å². The highest BCUT2D eigenvalue weighted by Crippen LogP contribution is 2.25. The predicted molar refractivity (Wildman–Crippen MR) is 70.3 cm³/mol. The highest BCUT2D eigenvalue weighted by molar-refractivity contribution is 7.98. The van der Waals surface area contributed by atoms with Crippen molar-refractivity contribution in [3.8, 4) is 0 Å². The molecule has 1 nitrogen and oxygen atoms in total. The fourth-order valence-corrected chi connectivity index (χ4v) is 2.54. The van der Waals surface area contributed by atoms with Crippen LogP contribution in [0, 0.1) is 0 Å². The molecule has 4 heteroatoms. The minimum absolute atomic E-state index is 0.719. The van der Waals surface area contributed by atoms with Crippen LogP contribution in [-0.2, 0) is 5.75 Å². The molecule has 0 saturated carbocycles. The van der Waals surface area contributed by atoms with Gasteiger partial charge in [-0.2, -0.15) is 0 Å². The van der Waals surface area contributed by atoms with Crippen LogP contribution in [0.3, 0.4) is 0 Å². The molecular formula is C12H9Cl2NS. The first-order valence-electron chi connectivity index (χ1n) is 4.73. The molecule has 1 heterocycles. The summed E-state index contributed by atoms with van der Waals surface area (Å²) in [4.78, 5) is 5.37. The van der Waals surface area contributed by atoms with Gasteiger partial charge in [0, 0.05) is 26.9 Å². The van der Waals surface area contributed by atoms with E-state index in [-0.39, 0.29) is 0 Å². The number of hydrogen-bond donors (Lipinski definition) is 0. The van der Waals surface area contributed by atoms with Crippen molar-refractivity contribution >= 4 is 35.0 Å². The number of halogens is 2. The van der Waals surface area contributed by atoms with E-state index in [1.807, 2.05) is 30.3 Å². The number of aromatic nitrogens is 1. The Morgan fingerprint density at radius 2 is 1.88 bits per heavy atom. The fourth-order valence-electron chi connectivity index (χ4n) is 1.24. The minimum Gasteiger partial charge on any atom is -0.260 e. The first kappa shape index (κ1) is 11.8. The minimum atomic E-state index is 0.719. The lowest BCUT2D eigenvalue weighted by Crippen LogP contribution is -1.85. The average Bonchev–Trinajstić information content (AvgIpc) is 2.27. The zero-order chi connectivity index (χ0) is 11.4. The molecule has 0 aliphatic heterocycles. The maximum atomic E-state index is 5.90. The van der Waals surface area contributed by atoms with Crippen LogP contribution in [0.2, 0.25) is 10.0 Å². The van der Waals surface area contributed by atoms with Gasteiger partial charge >= 0.3 is 0 Å². The third-order valence-corrected chi connectivity index (χ3v) is 3.46. The highest BCUT2D eigenvalue weighted by atomic mass is 35.5. The van der Waals surface area contributed by atoms with Gasteiger partial charge in [-0.3, -0.25) is 4.98 Å². The van der Waals surface area contributed by atoms with E-state index in [4.69, 9.17) is 23.2 Å². The van der Waals surface area contributed by atoms with Crippen molar-refractivity contribution in [1.29, 1.82) is 0 Å². The zero-order valence-electron chi connectivity index (χ0n) is 8.36. The van der Waals surface area contributed by atoms with Crippen LogP contribution in [0.25, 0.3) is 0 Å². The zero-order valence-corrected chi connectivity index (χ0v) is 10.7. The third kappa shape index (κ3) is 3.41. The molecule has 0 radical (unpaired) electrons. The highest BCUT2D eigenvalue weighted by Gasteiger charge is 1.99. The molecule has 0 saturated heterocycles. The fraction of sp³-hybridized carbons (Fsp3) is 0.0833. The second kappa shape index (κ2) is 5.58. The van der Waals surface area contributed by atoms with E-state index in [1.165, 1.54) is 0 Å². The molecule has 0 aliphatic carbocycles. The van der Waals surface area contributed by atoms with Gasteiger partial charge in [0.25, 0.3) is 0 Å². The van der Waals surface area contributed by atoms with Gasteiger partial charge in [0.05, 0.1) is 5.69 Å². The molecule has 0 N–H and O–H groups in total. The Labute approximate surface area is 109 Å². The Morgan fingerprint density at radius 3 is 2.62 bits per heavy atom. The van der Waals surface area contributed by atoms with Crippen LogP contribution in [0.1, 0.15) is 5.69 Å². The molecule has 1 aromatic carbocycles. The number of thioether (sulfide) groups is 1. The molecule has 0 unspecified atom stereocenters.